The van der Waals surface area contributed by atoms with Crippen LogP contribution in [-0.2, 0) is 19.6 Å². The molecule has 0 atom stereocenters. The highest BCUT2D eigenvalue weighted by Crippen LogP contribution is 2.34. The normalized spacial score (nSPS) is 10.9. The highest BCUT2D eigenvalue weighted by molar-refractivity contribution is 7.92. The number of nitrogens with zero attached hydrogens (tertiary/aromatic N) is 1. The van der Waals surface area contributed by atoms with E-state index in [1.165, 1.54) is 45.6 Å². The first kappa shape index (κ1) is 24.9. The number of hydrogen-bond acceptors (Lipinski definition) is 7. The van der Waals surface area contributed by atoms with E-state index in [0.717, 1.165) is 22.7 Å². The molecule has 0 fully saturated rings. The predicted molar refractivity (Wildman–Crippen MR) is 117 cm³/mol. The van der Waals surface area contributed by atoms with Gasteiger partial charge in [-0.15, -0.1) is 0 Å². The first-order chi connectivity index (χ1) is 15.1. The van der Waals surface area contributed by atoms with E-state index in [1.54, 1.807) is 0 Å². The van der Waals surface area contributed by atoms with Crippen LogP contribution in [0.1, 0.15) is 23.2 Å². The molecule has 0 spiro atoms. The summed E-state index contributed by atoms with van der Waals surface area (Å²) in [7, 11) is 0.392. The van der Waals surface area contributed by atoms with E-state index in [9.17, 15) is 22.4 Å². The number of hydrogen-bond donors (Lipinski definition) is 1. The lowest BCUT2D eigenvalue weighted by molar-refractivity contribution is -0.116. The molecule has 11 heteroatoms. The van der Waals surface area contributed by atoms with Crippen molar-refractivity contribution in [3.63, 3.8) is 0 Å². The third-order valence-electron chi connectivity index (χ3n) is 4.48. The minimum atomic E-state index is -3.64. The van der Waals surface area contributed by atoms with Crippen molar-refractivity contribution in [2.45, 2.75) is 12.8 Å². The van der Waals surface area contributed by atoms with E-state index in [2.05, 4.69) is 5.32 Å². The molecule has 2 aromatic rings. The summed E-state index contributed by atoms with van der Waals surface area (Å²) in [6, 6.07) is 7.84. The molecule has 2 rings (SSSR count). The Balaban J connectivity index is 2.13. The van der Waals surface area contributed by atoms with E-state index in [4.69, 9.17) is 14.2 Å². The Morgan fingerprint density at radius 2 is 1.62 bits per heavy atom. The van der Waals surface area contributed by atoms with Gasteiger partial charge in [0.1, 0.15) is 5.82 Å². The molecule has 0 saturated heterocycles. The van der Waals surface area contributed by atoms with E-state index in [0.29, 0.717) is 11.4 Å². The van der Waals surface area contributed by atoms with Crippen molar-refractivity contribution in [1.29, 1.82) is 0 Å². The summed E-state index contributed by atoms with van der Waals surface area (Å²) < 4.78 is 53.6. The minimum absolute atomic E-state index is 0.00762. The van der Waals surface area contributed by atoms with Gasteiger partial charge in [0.25, 0.3) is 0 Å². The van der Waals surface area contributed by atoms with Crippen molar-refractivity contribution in [2.75, 3.05) is 43.8 Å². The molecule has 0 saturated carbocycles. The van der Waals surface area contributed by atoms with Crippen molar-refractivity contribution in [1.82, 2.24) is 0 Å². The first-order valence-corrected chi connectivity index (χ1v) is 11.3. The SMILES string of the molecule is COC(=O)c1cc(OC)c(OC)cc1NC(=O)CCCN(c1ccc(F)cc1)S(C)(=O)=O. The standard InChI is InChI=1S/C21H25FN2O7S/c1-29-18-12-16(21(26)31-3)17(13-19(18)30-2)23-20(25)6-5-11-24(32(4,27)28)15-9-7-14(22)8-10-15/h7-10,12-13H,5-6,11H2,1-4H3,(H,23,25). The molecule has 0 aliphatic heterocycles. The van der Waals surface area contributed by atoms with Crippen LogP contribution in [0.25, 0.3) is 0 Å². The highest BCUT2D eigenvalue weighted by Gasteiger charge is 2.20. The van der Waals surface area contributed by atoms with E-state index in [-0.39, 0.29) is 36.4 Å². The molecule has 1 amide bonds. The maximum atomic E-state index is 13.2. The summed E-state index contributed by atoms with van der Waals surface area (Å²) in [6.45, 7) is 0.00762. The maximum Gasteiger partial charge on any atom is 0.340 e. The molecule has 0 bridgehead atoms. The molecule has 0 aliphatic carbocycles. The van der Waals surface area contributed by atoms with Crippen molar-refractivity contribution in [3.05, 3.63) is 47.8 Å². The number of benzene rings is 2. The monoisotopic (exact) mass is 468 g/mol. The second kappa shape index (κ2) is 10.8. The quantitative estimate of drug-likeness (QED) is 0.534. The molecule has 1 N–H and O–H groups in total. The average Bonchev–Trinajstić information content (AvgIpc) is 2.75. The summed E-state index contributed by atoms with van der Waals surface area (Å²) >= 11 is 0. The molecule has 0 aliphatic rings. The van der Waals surface area contributed by atoms with Crippen LogP contribution < -0.4 is 19.1 Å². The van der Waals surface area contributed by atoms with Crippen LogP contribution in [0.2, 0.25) is 0 Å². The summed E-state index contributed by atoms with van der Waals surface area (Å²) in [6.07, 6.45) is 1.17. The third-order valence-corrected chi connectivity index (χ3v) is 5.68. The lowest BCUT2D eigenvalue weighted by Gasteiger charge is -2.22. The lowest BCUT2D eigenvalue weighted by Crippen LogP contribution is -2.31. The van der Waals surface area contributed by atoms with Gasteiger partial charge in [-0.3, -0.25) is 9.10 Å². The molecule has 0 heterocycles. The van der Waals surface area contributed by atoms with Crippen LogP contribution in [0, 0.1) is 5.82 Å². The largest absolute Gasteiger partial charge is 0.493 e. The Labute approximate surface area is 186 Å². The van der Waals surface area contributed by atoms with E-state index in [1.807, 2.05) is 0 Å². The number of ether oxygens (including phenoxy) is 3. The molecule has 32 heavy (non-hydrogen) atoms. The van der Waals surface area contributed by atoms with Gasteiger partial charge in [-0.2, -0.15) is 0 Å². The summed E-state index contributed by atoms with van der Waals surface area (Å²) in [5, 5.41) is 2.62. The van der Waals surface area contributed by atoms with Gasteiger partial charge in [0.15, 0.2) is 11.5 Å². The average molecular weight is 469 g/mol. The van der Waals surface area contributed by atoms with Crippen LogP contribution in [0.3, 0.4) is 0 Å². The number of esters is 1. The molecule has 174 valence electrons. The van der Waals surface area contributed by atoms with E-state index >= 15 is 0 Å². The molecular formula is C21H25FN2O7S. The smallest absolute Gasteiger partial charge is 0.340 e. The Morgan fingerprint density at radius 3 is 2.16 bits per heavy atom. The summed E-state index contributed by atoms with van der Waals surface area (Å²) in [5.41, 5.74) is 0.530. The second-order valence-corrected chi connectivity index (χ2v) is 8.61. The van der Waals surface area contributed by atoms with Gasteiger partial charge in [0, 0.05) is 25.1 Å². The maximum absolute atomic E-state index is 13.2. The Hall–Kier alpha value is -3.34. The van der Waals surface area contributed by atoms with Crippen LogP contribution >= 0.6 is 0 Å². The molecular weight excluding hydrogens is 443 g/mol. The van der Waals surface area contributed by atoms with Crippen molar-refractivity contribution >= 4 is 33.3 Å². The zero-order valence-electron chi connectivity index (χ0n) is 18.2. The third kappa shape index (κ3) is 6.33. The van der Waals surface area contributed by atoms with Gasteiger partial charge in [0.05, 0.1) is 44.5 Å². The van der Waals surface area contributed by atoms with Gasteiger partial charge in [-0.1, -0.05) is 0 Å². The van der Waals surface area contributed by atoms with Crippen LogP contribution in [-0.4, -0.2) is 54.4 Å². The molecule has 2 aromatic carbocycles. The second-order valence-electron chi connectivity index (χ2n) is 6.71. The van der Waals surface area contributed by atoms with Crippen LogP contribution in [0.4, 0.5) is 15.8 Å². The Kier molecular flexibility index (Phi) is 8.41. The number of halogens is 1. The Morgan fingerprint density at radius 1 is 1.03 bits per heavy atom. The van der Waals surface area contributed by atoms with E-state index < -0.39 is 27.7 Å². The zero-order chi connectivity index (χ0) is 23.9. The molecule has 0 unspecified atom stereocenters. The number of carbonyl (C=O) groups excluding carboxylic acids is 2. The van der Waals surface area contributed by atoms with Gasteiger partial charge in [0.2, 0.25) is 15.9 Å². The lowest BCUT2D eigenvalue weighted by atomic mass is 10.1. The predicted octanol–water partition coefficient (Wildman–Crippen LogP) is 2.81. The molecule has 9 nitrogen and oxygen atoms in total. The molecule has 0 radical (unpaired) electrons. The fraction of sp³-hybridized carbons (Fsp3) is 0.333. The number of carbonyl (C=O) groups is 2. The van der Waals surface area contributed by atoms with Crippen molar-refractivity contribution < 1.29 is 36.6 Å². The fourth-order valence-corrected chi connectivity index (χ4v) is 3.92. The first-order valence-electron chi connectivity index (χ1n) is 9.48. The number of anilines is 2. The van der Waals surface area contributed by atoms with Crippen molar-refractivity contribution in [3.8, 4) is 11.5 Å². The highest BCUT2D eigenvalue weighted by atomic mass is 32.2. The number of sulfonamides is 1. The Bertz CT molecular complexity index is 1070. The summed E-state index contributed by atoms with van der Waals surface area (Å²) in [5.74, 6) is -1.03. The topological polar surface area (TPSA) is 111 Å². The fourth-order valence-electron chi connectivity index (χ4n) is 2.95. The number of rotatable bonds is 10. The number of methoxy groups -OCH3 is 3. The number of amides is 1. The zero-order valence-corrected chi connectivity index (χ0v) is 19.0. The minimum Gasteiger partial charge on any atom is -0.493 e. The number of nitrogens with one attached hydrogen (secondary N) is 1. The van der Waals surface area contributed by atoms with Crippen LogP contribution in [0.15, 0.2) is 36.4 Å². The van der Waals surface area contributed by atoms with Gasteiger partial charge in [-0.05, 0) is 30.7 Å². The van der Waals surface area contributed by atoms with Gasteiger partial charge < -0.3 is 19.5 Å². The van der Waals surface area contributed by atoms with Crippen LogP contribution in [0.5, 0.6) is 11.5 Å². The van der Waals surface area contributed by atoms with Gasteiger partial charge in [-0.25, -0.2) is 17.6 Å². The van der Waals surface area contributed by atoms with Crippen molar-refractivity contribution in [2.24, 2.45) is 0 Å². The van der Waals surface area contributed by atoms with Gasteiger partial charge >= 0.3 is 5.97 Å². The molecule has 0 aromatic heterocycles. The summed E-state index contributed by atoms with van der Waals surface area (Å²) in [4.78, 5) is 24.6.